The van der Waals surface area contributed by atoms with Crippen LogP contribution in [-0.2, 0) is 9.53 Å². The number of hydrogen-bond donors (Lipinski definition) is 0. The number of rotatable bonds is 7. The molecule has 1 aliphatic heterocycles. The Bertz CT molecular complexity index is 371. The van der Waals surface area contributed by atoms with E-state index in [0.717, 1.165) is 25.0 Å². The number of nitrogens with zero attached hydrogens (tertiary/aromatic N) is 1. The second kappa shape index (κ2) is 9.13. The summed E-state index contributed by atoms with van der Waals surface area (Å²) in [5, 5.41) is 0.0992. The van der Waals surface area contributed by atoms with Crippen molar-refractivity contribution in [2.45, 2.75) is 46.1 Å². The zero-order valence-corrected chi connectivity index (χ0v) is 14.2. The minimum absolute atomic E-state index is 0.0992. The van der Waals surface area contributed by atoms with Crippen molar-refractivity contribution >= 4 is 23.0 Å². The van der Waals surface area contributed by atoms with Gasteiger partial charge in [0.15, 0.2) is 0 Å². The third kappa shape index (κ3) is 5.38. The molecule has 120 valence electrons. The molecule has 0 spiro atoms. The van der Waals surface area contributed by atoms with E-state index < -0.39 is 6.09 Å². The summed E-state index contributed by atoms with van der Waals surface area (Å²) < 4.78 is 5.05. The summed E-state index contributed by atoms with van der Waals surface area (Å²) in [5.41, 5.74) is 0. The minimum Gasteiger partial charge on any atom is -0.445 e. The number of thioether (sulfide) groups is 1. The highest BCUT2D eigenvalue weighted by Crippen LogP contribution is 2.27. The van der Waals surface area contributed by atoms with Crippen LogP contribution < -0.4 is 0 Å². The first-order valence-corrected chi connectivity index (χ1v) is 8.70. The van der Waals surface area contributed by atoms with Crippen LogP contribution in [0.1, 0.15) is 40.0 Å². The molecule has 0 saturated carbocycles. The molecular formula is C16H27NO3S. The SMILES string of the molecule is C=CCOC(=O)N1CCCC1C(=O)SCC(CC)C(C)C. The second-order valence-electron chi connectivity index (χ2n) is 5.76. The molecule has 1 rings (SSSR count). The lowest BCUT2D eigenvalue weighted by molar-refractivity contribution is -0.114. The molecule has 1 heterocycles. The number of amides is 1. The van der Waals surface area contributed by atoms with Gasteiger partial charge >= 0.3 is 6.09 Å². The summed E-state index contributed by atoms with van der Waals surface area (Å²) in [6, 6.07) is -0.322. The van der Waals surface area contributed by atoms with Gasteiger partial charge in [0.1, 0.15) is 12.6 Å². The molecule has 1 amide bonds. The van der Waals surface area contributed by atoms with E-state index in [9.17, 15) is 9.59 Å². The van der Waals surface area contributed by atoms with Crippen LogP contribution in [-0.4, -0.2) is 41.1 Å². The molecule has 0 N–H and O–H groups in total. The van der Waals surface area contributed by atoms with Gasteiger partial charge in [-0.25, -0.2) is 4.79 Å². The molecule has 0 radical (unpaired) electrons. The molecule has 2 atom stereocenters. The van der Waals surface area contributed by atoms with Crippen molar-refractivity contribution in [1.82, 2.24) is 4.90 Å². The molecular weight excluding hydrogens is 286 g/mol. The van der Waals surface area contributed by atoms with Crippen LogP contribution in [0.4, 0.5) is 4.79 Å². The summed E-state index contributed by atoms with van der Waals surface area (Å²) in [7, 11) is 0. The van der Waals surface area contributed by atoms with E-state index in [0.29, 0.717) is 18.4 Å². The fraction of sp³-hybridized carbons (Fsp3) is 0.750. The van der Waals surface area contributed by atoms with Gasteiger partial charge in [-0.1, -0.05) is 51.6 Å². The molecule has 0 aromatic heterocycles. The summed E-state index contributed by atoms with van der Waals surface area (Å²) in [6.45, 7) is 10.8. The summed E-state index contributed by atoms with van der Waals surface area (Å²) in [4.78, 5) is 25.9. The third-order valence-electron chi connectivity index (χ3n) is 3.99. The Morgan fingerprint density at radius 1 is 1.48 bits per heavy atom. The fourth-order valence-electron chi connectivity index (χ4n) is 2.51. The molecule has 0 aliphatic carbocycles. The Labute approximate surface area is 132 Å². The van der Waals surface area contributed by atoms with Crippen molar-refractivity contribution in [3.05, 3.63) is 12.7 Å². The summed E-state index contributed by atoms with van der Waals surface area (Å²) in [5.74, 6) is 1.95. The van der Waals surface area contributed by atoms with Crippen molar-refractivity contribution in [2.24, 2.45) is 11.8 Å². The van der Waals surface area contributed by atoms with Gasteiger partial charge in [0.25, 0.3) is 0 Å². The van der Waals surface area contributed by atoms with E-state index >= 15 is 0 Å². The minimum atomic E-state index is -0.401. The van der Waals surface area contributed by atoms with E-state index in [4.69, 9.17) is 4.74 Å². The van der Waals surface area contributed by atoms with Gasteiger partial charge in [0.2, 0.25) is 5.12 Å². The number of carbonyl (C=O) groups excluding carboxylic acids is 2. The van der Waals surface area contributed by atoms with Crippen LogP contribution in [0.3, 0.4) is 0 Å². The lowest BCUT2D eigenvalue weighted by Crippen LogP contribution is -2.40. The monoisotopic (exact) mass is 313 g/mol. The molecule has 0 aromatic carbocycles. The molecule has 0 bridgehead atoms. The largest absolute Gasteiger partial charge is 0.445 e. The quantitative estimate of drug-likeness (QED) is 0.672. The third-order valence-corrected chi connectivity index (χ3v) is 5.14. The summed E-state index contributed by atoms with van der Waals surface area (Å²) in [6.07, 6.45) is 3.82. The molecule has 0 aromatic rings. The van der Waals surface area contributed by atoms with Crippen LogP contribution in [0.25, 0.3) is 0 Å². The maximum Gasteiger partial charge on any atom is 0.410 e. The molecule has 1 aliphatic rings. The van der Waals surface area contributed by atoms with Gasteiger partial charge in [0.05, 0.1) is 0 Å². The van der Waals surface area contributed by atoms with E-state index in [1.54, 1.807) is 4.90 Å². The van der Waals surface area contributed by atoms with Gasteiger partial charge in [-0.3, -0.25) is 9.69 Å². The van der Waals surface area contributed by atoms with Crippen LogP contribution in [0.2, 0.25) is 0 Å². The van der Waals surface area contributed by atoms with Crippen molar-refractivity contribution in [2.75, 3.05) is 18.9 Å². The maximum absolute atomic E-state index is 12.4. The van der Waals surface area contributed by atoms with Gasteiger partial charge < -0.3 is 4.74 Å². The lowest BCUT2D eigenvalue weighted by Gasteiger charge is -2.24. The molecule has 1 saturated heterocycles. The zero-order valence-electron chi connectivity index (χ0n) is 13.3. The second-order valence-corrected chi connectivity index (χ2v) is 6.78. The Kier molecular flexibility index (Phi) is 7.86. The van der Waals surface area contributed by atoms with Gasteiger partial charge in [-0.2, -0.15) is 0 Å². The fourth-order valence-corrected chi connectivity index (χ4v) is 3.95. The Balaban J connectivity index is 2.51. The highest BCUT2D eigenvalue weighted by atomic mass is 32.2. The van der Waals surface area contributed by atoms with Gasteiger partial charge in [-0.05, 0) is 24.7 Å². The Morgan fingerprint density at radius 2 is 2.19 bits per heavy atom. The smallest absolute Gasteiger partial charge is 0.410 e. The predicted octanol–water partition coefficient (Wildman–Crippen LogP) is 3.72. The van der Waals surface area contributed by atoms with Crippen molar-refractivity contribution in [3.8, 4) is 0 Å². The van der Waals surface area contributed by atoms with E-state index in [1.807, 2.05) is 0 Å². The van der Waals surface area contributed by atoms with E-state index in [2.05, 4.69) is 27.4 Å². The molecule has 5 heteroatoms. The maximum atomic E-state index is 12.4. The predicted molar refractivity (Wildman–Crippen MR) is 87.4 cm³/mol. The highest BCUT2D eigenvalue weighted by Gasteiger charge is 2.35. The van der Waals surface area contributed by atoms with Crippen LogP contribution >= 0.6 is 11.8 Å². The summed E-state index contributed by atoms with van der Waals surface area (Å²) >= 11 is 1.37. The number of ether oxygens (including phenoxy) is 1. The average molecular weight is 313 g/mol. The van der Waals surface area contributed by atoms with Crippen molar-refractivity contribution < 1.29 is 14.3 Å². The number of hydrogen-bond acceptors (Lipinski definition) is 4. The Morgan fingerprint density at radius 3 is 2.76 bits per heavy atom. The number of carbonyl (C=O) groups is 2. The lowest BCUT2D eigenvalue weighted by atomic mass is 9.96. The average Bonchev–Trinajstić information content (AvgIpc) is 2.94. The molecule has 2 unspecified atom stereocenters. The van der Waals surface area contributed by atoms with E-state index in [1.165, 1.54) is 17.8 Å². The first kappa shape index (κ1) is 18.1. The first-order chi connectivity index (χ1) is 10.0. The normalized spacial score (nSPS) is 19.6. The van der Waals surface area contributed by atoms with Gasteiger partial charge in [0, 0.05) is 12.3 Å². The van der Waals surface area contributed by atoms with Crippen LogP contribution in [0.5, 0.6) is 0 Å². The van der Waals surface area contributed by atoms with Crippen LogP contribution in [0.15, 0.2) is 12.7 Å². The van der Waals surface area contributed by atoms with Crippen molar-refractivity contribution in [3.63, 3.8) is 0 Å². The topological polar surface area (TPSA) is 46.6 Å². The molecule has 4 nitrogen and oxygen atoms in total. The van der Waals surface area contributed by atoms with Crippen molar-refractivity contribution in [1.29, 1.82) is 0 Å². The molecule has 1 fully saturated rings. The zero-order chi connectivity index (χ0) is 15.8. The standard InChI is InChI=1S/C16H27NO3S/c1-5-10-20-16(19)17-9-7-8-14(17)15(18)21-11-13(6-2)12(3)4/h5,12-14H,1,6-11H2,2-4H3. The van der Waals surface area contributed by atoms with Gasteiger partial charge in [-0.15, -0.1) is 0 Å². The van der Waals surface area contributed by atoms with E-state index in [-0.39, 0.29) is 17.8 Å². The number of likely N-dealkylation sites (tertiary alicyclic amines) is 1. The van der Waals surface area contributed by atoms with Crippen LogP contribution in [0, 0.1) is 11.8 Å². The molecule has 21 heavy (non-hydrogen) atoms. The first-order valence-electron chi connectivity index (χ1n) is 7.72. The Hall–Kier alpha value is -0.970. The highest BCUT2D eigenvalue weighted by molar-refractivity contribution is 8.13.